The number of benzene rings is 3. The Bertz CT molecular complexity index is 1220. The van der Waals surface area contributed by atoms with Crippen molar-refractivity contribution in [1.82, 2.24) is 0 Å². The fourth-order valence-corrected chi connectivity index (χ4v) is 3.13. The molecule has 0 aromatic heterocycles. The highest BCUT2D eigenvalue weighted by Gasteiger charge is 2.20. The summed E-state index contributed by atoms with van der Waals surface area (Å²) in [5.41, 5.74) is 1.74. The summed E-state index contributed by atoms with van der Waals surface area (Å²) < 4.78 is 5.51. The molecule has 2 N–H and O–H groups in total. The number of nitrogens with zero attached hydrogens (tertiary/aromatic N) is 2. The summed E-state index contributed by atoms with van der Waals surface area (Å²) >= 11 is 0. The molecule has 3 rings (SSSR count). The van der Waals surface area contributed by atoms with Crippen molar-refractivity contribution in [3.63, 3.8) is 0 Å². The number of phenols is 2. The predicted octanol–water partition coefficient (Wildman–Crippen LogP) is 6.31. The monoisotopic (exact) mass is 444 g/mol. The van der Waals surface area contributed by atoms with Crippen molar-refractivity contribution in [3.8, 4) is 11.5 Å². The second-order valence-corrected chi connectivity index (χ2v) is 7.39. The summed E-state index contributed by atoms with van der Waals surface area (Å²) in [6.45, 7) is 7.05. The molecule has 0 bridgehead atoms. The van der Waals surface area contributed by atoms with E-state index in [2.05, 4.69) is 16.8 Å². The summed E-state index contributed by atoms with van der Waals surface area (Å²) in [6.07, 6.45) is -0.0564. The number of hydrogen-bond acceptors (Lipinski definition) is 7. The molecule has 33 heavy (non-hydrogen) atoms. The molecule has 3 aromatic rings. The average Bonchev–Trinajstić information content (AvgIpc) is 2.82. The summed E-state index contributed by atoms with van der Waals surface area (Å²) in [5.74, 6) is -1.62. The molecule has 1 unspecified atom stereocenters. The first-order chi connectivity index (χ1) is 15.8. The highest BCUT2D eigenvalue weighted by Crippen LogP contribution is 2.37. The standard InChI is InChI=1S/C26H24N2O5/c1-4-24(33-26(32)16(2)3)18-12-8-9-13-20(18)27-28-21-14-19(22(29)15-23(21)30)25(31)17-10-6-5-7-11-17/h5-15,24,29-30H,2,4H2,1,3H3. The molecule has 0 saturated heterocycles. The quantitative estimate of drug-likeness (QED) is 0.183. The number of hydrogen-bond donors (Lipinski definition) is 2. The minimum atomic E-state index is -0.562. The number of ether oxygens (including phenoxy) is 1. The van der Waals surface area contributed by atoms with Crippen LogP contribution in [0.25, 0.3) is 0 Å². The molecule has 3 aromatic carbocycles. The molecular weight excluding hydrogens is 420 g/mol. The van der Waals surface area contributed by atoms with Gasteiger partial charge in [-0.15, -0.1) is 10.2 Å². The SMILES string of the molecule is C=C(C)C(=O)OC(CC)c1ccccc1N=Nc1cc(C(=O)c2ccccc2)c(O)cc1O. The van der Waals surface area contributed by atoms with Gasteiger partial charge in [0.05, 0.1) is 11.3 Å². The largest absolute Gasteiger partial charge is 0.507 e. The number of azo groups is 1. The maximum atomic E-state index is 12.8. The Hall–Kier alpha value is -4.26. The van der Waals surface area contributed by atoms with Crippen LogP contribution in [0.5, 0.6) is 11.5 Å². The second kappa shape index (κ2) is 10.4. The normalized spacial score (nSPS) is 11.8. The Kier molecular flexibility index (Phi) is 7.35. The Balaban J connectivity index is 1.95. The lowest BCUT2D eigenvalue weighted by atomic mass is 10.0. The van der Waals surface area contributed by atoms with Gasteiger partial charge >= 0.3 is 5.97 Å². The third-order valence-corrected chi connectivity index (χ3v) is 4.89. The van der Waals surface area contributed by atoms with Gasteiger partial charge in [-0.25, -0.2) is 4.79 Å². The van der Waals surface area contributed by atoms with Gasteiger partial charge in [0.25, 0.3) is 0 Å². The number of phenolic OH excluding ortho intramolecular Hbond substituents is 2. The van der Waals surface area contributed by atoms with Crippen molar-refractivity contribution in [2.24, 2.45) is 10.2 Å². The topological polar surface area (TPSA) is 109 Å². The van der Waals surface area contributed by atoms with Crippen LogP contribution in [0, 0.1) is 0 Å². The van der Waals surface area contributed by atoms with E-state index < -0.39 is 17.9 Å². The molecule has 0 amide bonds. The lowest BCUT2D eigenvalue weighted by Gasteiger charge is -2.18. The Morgan fingerprint density at radius 2 is 1.58 bits per heavy atom. The lowest BCUT2D eigenvalue weighted by molar-refractivity contribution is -0.144. The summed E-state index contributed by atoms with van der Waals surface area (Å²) in [4.78, 5) is 24.8. The van der Waals surface area contributed by atoms with Crippen molar-refractivity contribution in [1.29, 1.82) is 0 Å². The van der Waals surface area contributed by atoms with Crippen molar-refractivity contribution in [2.45, 2.75) is 26.4 Å². The van der Waals surface area contributed by atoms with Crippen LogP contribution in [-0.2, 0) is 9.53 Å². The number of esters is 1. The van der Waals surface area contributed by atoms with Crippen LogP contribution in [0.4, 0.5) is 11.4 Å². The molecule has 1 atom stereocenters. The number of carbonyl (C=O) groups is 2. The van der Waals surface area contributed by atoms with Crippen LogP contribution >= 0.6 is 0 Å². The number of carbonyl (C=O) groups excluding carboxylic acids is 2. The zero-order chi connectivity index (χ0) is 24.0. The molecule has 0 radical (unpaired) electrons. The van der Waals surface area contributed by atoms with Crippen LogP contribution in [0.2, 0.25) is 0 Å². The van der Waals surface area contributed by atoms with Crippen LogP contribution < -0.4 is 0 Å². The van der Waals surface area contributed by atoms with Crippen molar-refractivity contribution < 1.29 is 24.5 Å². The summed E-state index contributed by atoms with van der Waals surface area (Å²) in [7, 11) is 0. The first-order valence-electron chi connectivity index (χ1n) is 10.3. The summed E-state index contributed by atoms with van der Waals surface area (Å²) in [6, 6.07) is 17.8. The zero-order valence-electron chi connectivity index (χ0n) is 18.4. The van der Waals surface area contributed by atoms with Gasteiger partial charge < -0.3 is 14.9 Å². The number of aromatic hydroxyl groups is 2. The van der Waals surface area contributed by atoms with E-state index in [1.54, 1.807) is 61.5 Å². The fraction of sp³-hybridized carbons (Fsp3) is 0.154. The van der Waals surface area contributed by atoms with E-state index in [0.717, 1.165) is 6.07 Å². The molecule has 7 heteroatoms. The first-order valence-corrected chi connectivity index (χ1v) is 10.3. The van der Waals surface area contributed by atoms with E-state index in [1.807, 2.05) is 6.92 Å². The molecule has 168 valence electrons. The molecule has 0 heterocycles. The number of ketones is 1. The van der Waals surface area contributed by atoms with Gasteiger partial charge in [0.15, 0.2) is 5.78 Å². The van der Waals surface area contributed by atoms with Gasteiger partial charge in [-0.3, -0.25) is 4.79 Å². The third-order valence-electron chi connectivity index (χ3n) is 4.89. The van der Waals surface area contributed by atoms with Gasteiger partial charge in [-0.1, -0.05) is 62.0 Å². The molecule has 0 aliphatic carbocycles. The van der Waals surface area contributed by atoms with Crippen LogP contribution in [0.15, 0.2) is 89.1 Å². The highest BCUT2D eigenvalue weighted by atomic mass is 16.5. The van der Waals surface area contributed by atoms with Crippen LogP contribution in [0.1, 0.15) is 47.9 Å². The van der Waals surface area contributed by atoms with E-state index in [0.29, 0.717) is 23.2 Å². The van der Waals surface area contributed by atoms with Gasteiger partial charge in [-0.2, -0.15) is 0 Å². The van der Waals surface area contributed by atoms with E-state index in [9.17, 15) is 19.8 Å². The van der Waals surface area contributed by atoms with Crippen molar-refractivity contribution >= 4 is 23.1 Å². The number of rotatable bonds is 8. The second-order valence-electron chi connectivity index (χ2n) is 7.39. The van der Waals surface area contributed by atoms with Gasteiger partial charge in [-0.05, 0) is 25.5 Å². The molecule has 0 spiro atoms. The van der Waals surface area contributed by atoms with Gasteiger partial charge in [0.2, 0.25) is 0 Å². The Morgan fingerprint density at radius 3 is 2.24 bits per heavy atom. The maximum absolute atomic E-state index is 12.8. The van der Waals surface area contributed by atoms with E-state index >= 15 is 0 Å². The predicted molar refractivity (Wildman–Crippen MR) is 124 cm³/mol. The van der Waals surface area contributed by atoms with Gasteiger partial charge in [0.1, 0.15) is 23.3 Å². The maximum Gasteiger partial charge on any atom is 0.333 e. The van der Waals surface area contributed by atoms with Crippen LogP contribution in [0.3, 0.4) is 0 Å². The molecule has 0 aliphatic heterocycles. The van der Waals surface area contributed by atoms with E-state index in [1.165, 1.54) is 6.07 Å². The van der Waals surface area contributed by atoms with Crippen LogP contribution in [-0.4, -0.2) is 22.0 Å². The van der Waals surface area contributed by atoms with E-state index in [4.69, 9.17) is 4.74 Å². The smallest absolute Gasteiger partial charge is 0.333 e. The Morgan fingerprint density at radius 1 is 0.939 bits per heavy atom. The Labute approximate surface area is 191 Å². The first kappa shape index (κ1) is 23.4. The lowest BCUT2D eigenvalue weighted by Crippen LogP contribution is -2.11. The van der Waals surface area contributed by atoms with Crippen molar-refractivity contribution in [2.75, 3.05) is 0 Å². The fourth-order valence-electron chi connectivity index (χ4n) is 3.13. The third kappa shape index (κ3) is 5.51. The average molecular weight is 444 g/mol. The van der Waals surface area contributed by atoms with Gasteiger partial charge in [0, 0.05) is 22.8 Å². The molecular formula is C26H24N2O5. The molecule has 0 saturated carbocycles. The summed E-state index contributed by atoms with van der Waals surface area (Å²) in [5, 5.41) is 28.8. The van der Waals surface area contributed by atoms with Crippen molar-refractivity contribution in [3.05, 3.63) is 95.6 Å². The molecule has 0 aliphatic rings. The molecule has 7 nitrogen and oxygen atoms in total. The van der Waals surface area contributed by atoms with E-state index in [-0.39, 0.29) is 28.3 Å². The minimum absolute atomic E-state index is 0.00821. The zero-order valence-corrected chi connectivity index (χ0v) is 18.4. The molecule has 0 fully saturated rings. The highest BCUT2D eigenvalue weighted by molar-refractivity contribution is 6.11. The minimum Gasteiger partial charge on any atom is -0.507 e.